The lowest BCUT2D eigenvalue weighted by molar-refractivity contribution is 0.0765. The summed E-state index contributed by atoms with van der Waals surface area (Å²) in [6, 6.07) is 0.747. The van der Waals surface area contributed by atoms with E-state index >= 15 is 0 Å². The standard InChI is InChI=1S/C16H35N3O/c1-5-16(4)19-12-10-18(11-13-19)9-8-17-7-6-14-20-15(2)3/h15-17H,5-14H2,1-4H3. The van der Waals surface area contributed by atoms with Crippen LogP contribution in [0.15, 0.2) is 0 Å². The molecule has 4 nitrogen and oxygen atoms in total. The lowest BCUT2D eigenvalue weighted by atomic mass is 10.2. The first-order valence-corrected chi connectivity index (χ1v) is 8.42. The topological polar surface area (TPSA) is 27.7 Å². The van der Waals surface area contributed by atoms with Gasteiger partial charge in [-0.2, -0.15) is 0 Å². The number of rotatable bonds is 10. The van der Waals surface area contributed by atoms with E-state index in [4.69, 9.17) is 4.74 Å². The molecule has 0 aromatic rings. The van der Waals surface area contributed by atoms with Gasteiger partial charge in [-0.25, -0.2) is 0 Å². The van der Waals surface area contributed by atoms with Crippen LogP contribution in [0.3, 0.4) is 0 Å². The van der Waals surface area contributed by atoms with Crippen molar-refractivity contribution in [2.24, 2.45) is 0 Å². The van der Waals surface area contributed by atoms with E-state index in [9.17, 15) is 0 Å². The third kappa shape index (κ3) is 7.58. The van der Waals surface area contributed by atoms with Crippen molar-refractivity contribution < 1.29 is 4.74 Å². The molecule has 1 aliphatic rings. The van der Waals surface area contributed by atoms with Gasteiger partial charge in [-0.05, 0) is 40.2 Å². The highest BCUT2D eigenvalue weighted by Gasteiger charge is 2.19. The van der Waals surface area contributed by atoms with Gasteiger partial charge in [-0.15, -0.1) is 0 Å². The number of ether oxygens (including phenoxy) is 1. The highest BCUT2D eigenvalue weighted by molar-refractivity contribution is 4.75. The Kier molecular flexibility index (Phi) is 9.44. The van der Waals surface area contributed by atoms with Crippen LogP contribution < -0.4 is 5.32 Å². The molecule has 1 N–H and O–H groups in total. The summed E-state index contributed by atoms with van der Waals surface area (Å²) in [5, 5.41) is 3.52. The van der Waals surface area contributed by atoms with Gasteiger partial charge >= 0.3 is 0 Å². The Balaban J connectivity index is 1.94. The third-order valence-corrected chi connectivity index (χ3v) is 4.17. The van der Waals surface area contributed by atoms with Gasteiger partial charge in [0.2, 0.25) is 0 Å². The molecule has 0 saturated carbocycles. The van der Waals surface area contributed by atoms with Crippen molar-refractivity contribution in [2.45, 2.75) is 52.7 Å². The summed E-state index contributed by atoms with van der Waals surface area (Å²) in [4.78, 5) is 5.20. The van der Waals surface area contributed by atoms with Crippen LogP contribution in [0.5, 0.6) is 0 Å². The molecule has 0 radical (unpaired) electrons. The third-order valence-electron chi connectivity index (χ3n) is 4.17. The van der Waals surface area contributed by atoms with E-state index in [2.05, 4.69) is 42.8 Å². The second-order valence-corrected chi connectivity index (χ2v) is 6.16. The maximum atomic E-state index is 5.53. The number of hydrogen-bond donors (Lipinski definition) is 1. The van der Waals surface area contributed by atoms with E-state index in [0.29, 0.717) is 6.10 Å². The lowest BCUT2D eigenvalue weighted by Crippen LogP contribution is -2.50. The molecule has 0 spiro atoms. The summed E-state index contributed by atoms with van der Waals surface area (Å²) in [6.07, 6.45) is 2.73. The highest BCUT2D eigenvalue weighted by Crippen LogP contribution is 2.08. The molecule has 1 atom stereocenters. The Morgan fingerprint density at radius 2 is 1.75 bits per heavy atom. The van der Waals surface area contributed by atoms with Gasteiger partial charge in [0.15, 0.2) is 0 Å². The van der Waals surface area contributed by atoms with Crippen molar-refractivity contribution in [1.29, 1.82) is 0 Å². The number of piperazine rings is 1. The zero-order valence-electron chi connectivity index (χ0n) is 14.0. The van der Waals surface area contributed by atoms with E-state index in [1.165, 1.54) is 39.1 Å². The lowest BCUT2D eigenvalue weighted by Gasteiger charge is -2.37. The fourth-order valence-electron chi connectivity index (χ4n) is 2.56. The molecule has 0 aliphatic carbocycles. The SMILES string of the molecule is CCC(C)N1CCN(CCNCCCOC(C)C)CC1. The zero-order valence-corrected chi connectivity index (χ0v) is 14.0. The second-order valence-electron chi connectivity index (χ2n) is 6.16. The molecule has 0 amide bonds. The van der Waals surface area contributed by atoms with Gasteiger partial charge in [0.25, 0.3) is 0 Å². The molecule has 1 saturated heterocycles. The summed E-state index contributed by atoms with van der Waals surface area (Å²) < 4.78 is 5.53. The van der Waals surface area contributed by atoms with Crippen LogP contribution in [0.25, 0.3) is 0 Å². The highest BCUT2D eigenvalue weighted by atomic mass is 16.5. The molecule has 0 aromatic carbocycles. The predicted octanol–water partition coefficient (Wildman–Crippen LogP) is 1.81. The Labute approximate surface area is 125 Å². The van der Waals surface area contributed by atoms with Crippen LogP contribution in [0.4, 0.5) is 0 Å². The number of nitrogens with one attached hydrogen (secondary N) is 1. The minimum Gasteiger partial charge on any atom is -0.379 e. The Morgan fingerprint density at radius 1 is 1.05 bits per heavy atom. The summed E-state index contributed by atoms with van der Waals surface area (Å²) in [6.45, 7) is 17.9. The van der Waals surface area contributed by atoms with Gasteiger partial charge in [-0.1, -0.05) is 6.92 Å². The summed E-state index contributed by atoms with van der Waals surface area (Å²) in [5.74, 6) is 0. The van der Waals surface area contributed by atoms with Crippen LogP contribution in [0.2, 0.25) is 0 Å². The minimum absolute atomic E-state index is 0.358. The molecular weight excluding hydrogens is 250 g/mol. The predicted molar refractivity (Wildman–Crippen MR) is 86.3 cm³/mol. The van der Waals surface area contributed by atoms with Crippen LogP contribution in [0.1, 0.15) is 40.5 Å². The van der Waals surface area contributed by atoms with Crippen molar-refractivity contribution >= 4 is 0 Å². The average molecular weight is 285 g/mol. The summed E-state index contributed by atoms with van der Waals surface area (Å²) >= 11 is 0. The molecule has 120 valence electrons. The van der Waals surface area contributed by atoms with Crippen molar-refractivity contribution in [3.63, 3.8) is 0 Å². The van der Waals surface area contributed by atoms with E-state index in [1.807, 2.05) is 0 Å². The second kappa shape index (κ2) is 10.6. The van der Waals surface area contributed by atoms with Crippen molar-refractivity contribution in [1.82, 2.24) is 15.1 Å². The normalized spacial score (nSPS) is 19.6. The fraction of sp³-hybridized carbons (Fsp3) is 1.00. The fourth-order valence-corrected chi connectivity index (χ4v) is 2.56. The molecule has 20 heavy (non-hydrogen) atoms. The Bertz CT molecular complexity index is 228. The molecule has 1 aliphatic heterocycles. The number of hydrogen-bond acceptors (Lipinski definition) is 4. The van der Waals surface area contributed by atoms with E-state index in [-0.39, 0.29) is 0 Å². The van der Waals surface area contributed by atoms with Crippen molar-refractivity contribution in [3.8, 4) is 0 Å². The molecule has 0 bridgehead atoms. The van der Waals surface area contributed by atoms with E-state index in [0.717, 1.165) is 32.2 Å². The maximum absolute atomic E-state index is 5.53. The quantitative estimate of drug-likeness (QED) is 0.620. The van der Waals surface area contributed by atoms with Crippen molar-refractivity contribution in [3.05, 3.63) is 0 Å². The molecule has 1 unspecified atom stereocenters. The van der Waals surface area contributed by atoms with Gasteiger partial charge in [0, 0.05) is 51.9 Å². The molecule has 1 fully saturated rings. The maximum Gasteiger partial charge on any atom is 0.0518 e. The zero-order chi connectivity index (χ0) is 14.8. The largest absolute Gasteiger partial charge is 0.379 e. The molecule has 1 rings (SSSR count). The van der Waals surface area contributed by atoms with Crippen LogP contribution in [0, 0.1) is 0 Å². The summed E-state index contributed by atoms with van der Waals surface area (Å²) in [5.41, 5.74) is 0. The molecular formula is C16H35N3O. The van der Waals surface area contributed by atoms with Gasteiger partial charge in [0.1, 0.15) is 0 Å². The first kappa shape index (κ1) is 17.9. The van der Waals surface area contributed by atoms with Crippen LogP contribution >= 0.6 is 0 Å². The Hall–Kier alpha value is -0.160. The van der Waals surface area contributed by atoms with Crippen LogP contribution in [-0.4, -0.2) is 74.4 Å². The molecule has 4 heteroatoms. The monoisotopic (exact) mass is 285 g/mol. The minimum atomic E-state index is 0.358. The van der Waals surface area contributed by atoms with E-state index < -0.39 is 0 Å². The smallest absolute Gasteiger partial charge is 0.0518 e. The van der Waals surface area contributed by atoms with Crippen LogP contribution in [-0.2, 0) is 4.74 Å². The van der Waals surface area contributed by atoms with Gasteiger partial charge in [0.05, 0.1) is 6.10 Å². The first-order chi connectivity index (χ1) is 9.63. The van der Waals surface area contributed by atoms with Crippen molar-refractivity contribution in [2.75, 3.05) is 52.4 Å². The van der Waals surface area contributed by atoms with Gasteiger partial charge < -0.3 is 10.1 Å². The first-order valence-electron chi connectivity index (χ1n) is 8.42. The van der Waals surface area contributed by atoms with E-state index in [1.54, 1.807) is 0 Å². The molecule has 1 heterocycles. The van der Waals surface area contributed by atoms with Gasteiger partial charge in [-0.3, -0.25) is 9.80 Å². The average Bonchev–Trinajstić information content (AvgIpc) is 2.45. The number of nitrogens with zero attached hydrogens (tertiary/aromatic N) is 2. The molecule has 0 aromatic heterocycles. The Morgan fingerprint density at radius 3 is 2.35 bits per heavy atom. The summed E-state index contributed by atoms with van der Waals surface area (Å²) in [7, 11) is 0.